The van der Waals surface area contributed by atoms with Gasteiger partial charge in [0, 0.05) is 16.2 Å². The Bertz CT molecular complexity index is 2410. The van der Waals surface area contributed by atoms with Gasteiger partial charge >= 0.3 is 0 Å². The molecule has 1 aliphatic heterocycles. The highest BCUT2D eigenvalue weighted by molar-refractivity contribution is 6.14. The van der Waals surface area contributed by atoms with Crippen molar-refractivity contribution in [2.75, 3.05) is 0 Å². The number of hydrogen-bond acceptors (Lipinski definition) is 0. The summed E-state index contributed by atoms with van der Waals surface area (Å²) in [6.45, 7) is 4.76. The topological polar surface area (TPSA) is 4.93 Å². The largest absolute Gasteiger partial charge is 0.309 e. The summed E-state index contributed by atoms with van der Waals surface area (Å²) < 4.78 is 2.50. The van der Waals surface area contributed by atoms with Gasteiger partial charge in [0.15, 0.2) is 0 Å². The maximum Gasteiger partial charge on any atom is 0.0582 e. The molecule has 0 aliphatic carbocycles. The molecule has 1 aliphatic rings. The maximum absolute atomic E-state index is 2.50. The quantitative estimate of drug-likeness (QED) is 0.202. The van der Waals surface area contributed by atoms with Gasteiger partial charge in [-0.1, -0.05) is 123 Å². The monoisotopic (exact) mass is 561 g/mol. The maximum atomic E-state index is 2.50. The van der Waals surface area contributed by atoms with Crippen molar-refractivity contribution < 1.29 is 0 Å². The number of rotatable bonds is 3. The van der Waals surface area contributed by atoms with Gasteiger partial charge in [0.1, 0.15) is 0 Å². The van der Waals surface area contributed by atoms with Crippen molar-refractivity contribution in [3.05, 3.63) is 163 Å². The zero-order valence-corrected chi connectivity index (χ0v) is 24.9. The second-order valence-electron chi connectivity index (χ2n) is 12.6. The second kappa shape index (κ2) is 9.30. The highest BCUT2D eigenvalue weighted by atomic mass is 15.0. The molecule has 8 aromatic rings. The molecule has 0 bridgehead atoms. The molecule has 0 N–H and O–H groups in total. The van der Waals surface area contributed by atoms with Gasteiger partial charge in [-0.05, 0) is 97.7 Å². The Kier molecular flexibility index (Phi) is 5.31. The van der Waals surface area contributed by atoms with Crippen LogP contribution in [0.3, 0.4) is 0 Å². The number of fused-ring (bicyclic) bond motifs is 6. The van der Waals surface area contributed by atoms with Crippen LogP contribution in [0.4, 0.5) is 0 Å². The molecule has 7 aromatic carbocycles. The SMILES string of the molecule is CC1(C)c2ccccc2-n2c3ccc(-c4ccccc4)cc3c3cc(-c4cccc(-c5ccc6ccccc6c5)c4)cc1c32. The number of nitrogens with zero attached hydrogens (tertiary/aromatic N) is 1. The van der Waals surface area contributed by atoms with Crippen LogP contribution < -0.4 is 0 Å². The molecule has 9 rings (SSSR count). The van der Waals surface area contributed by atoms with Crippen LogP contribution in [0.2, 0.25) is 0 Å². The zero-order chi connectivity index (χ0) is 29.4. The average Bonchev–Trinajstić information content (AvgIpc) is 3.41. The first-order valence-corrected chi connectivity index (χ1v) is 15.4. The van der Waals surface area contributed by atoms with Crippen molar-refractivity contribution in [1.29, 1.82) is 0 Å². The van der Waals surface area contributed by atoms with E-state index in [2.05, 4.69) is 170 Å². The van der Waals surface area contributed by atoms with Crippen LogP contribution in [-0.4, -0.2) is 4.57 Å². The van der Waals surface area contributed by atoms with Gasteiger partial charge in [0.25, 0.3) is 0 Å². The zero-order valence-electron chi connectivity index (χ0n) is 24.9. The third kappa shape index (κ3) is 3.66. The van der Waals surface area contributed by atoms with Crippen LogP contribution in [0, 0.1) is 0 Å². The first kappa shape index (κ1) is 25.1. The van der Waals surface area contributed by atoms with E-state index in [4.69, 9.17) is 0 Å². The molecular formula is C43H31N. The summed E-state index contributed by atoms with van der Waals surface area (Å²) in [5.74, 6) is 0. The van der Waals surface area contributed by atoms with Crippen LogP contribution in [0.25, 0.3) is 71.6 Å². The van der Waals surface area contributed by atoms with Crippen molar-refractivity contribution in [1.82, 2.24) is 4.57 Å². The lowest BCUT2D eigenvalue weighted by molar-refractivity contribution is 0.630. The lowest BCUT2D eigenvalue weighted by atomic mass is 9.74. The van der Waals surface area contributed by atoms with Crippen molar-refractivity contribution in [3.63, 3.8) is 0 Å². The fraction of sp³-hybridized carbons (Fsp3) is 0.0698. The molecule has 0 saturated heterocycles. The van der Waals surface area contributed by atoms with E-state index in [0.29, 0.717) is 0 Å². The summed E-state index contributed by atoms with van der Waals surface area (Å²) in [6, 6.07) is 55.9. The summed E-state index contributed by atoms with van der Waals surface area (Å²) in [5.41, 5.74) is 13.9. The fourth-order valence-electron chi connectivity index (χ4n) is 7.44. The molecule has 0 atom stereocenters. The number of para-hydroxylation sites is 1. The third-order valence-corrected chi connectivity index (χ3v) is 9.74. The van der Waals surface area contributed by atoms with E-state index in [1.807, 2.05) is 0 Å². The molecule has 0 radical (unpaired) electrons. The first-order chi connectivity index (χ1) is 21.6. The van der Waals surface area contributed by atoms with Gasteiger partial charge in [-0.3, -0.25) is 0 Å². The van der Waals surface area contributed by atoms with E-state index in [1.54, 1.807) is 0 Å². The summed E-state index contributed by atoms with van der Waals surface area (Å²) in [7, 11) is 0. The van der Waals surface area contributed by atoms with Crippen molar-refractivity contribution in [2.24, 2.45) is 0 Å². The summed E-state index contributed by atoms with van der Waals surface area (Å²) >= 11 is 0. The molecule has 1 aromatic heterocycles. The predicted molar refractivity (Wildman–Crippen MR) is 187 cm³/mol. The fourth-order valence-corrected chi connectivity index (χ4v) is 7.44. The third-order valence-electron chi connectivity index (χ3n) is 9.74. The molecule has 1 heteroatoms. The molecule has 0 fully saturated rings. The van der Waals surface area contributed by atoms with Gasteiger partial charge in [-0.2, -0.15) is 0 Å². The lowest BCUT2D eigenvalue weighted by Crippen LogP contribution is -2.26. The Balaban J connectivity index is 1.31. The Morgan fingerprint density at radius 3 is 1.91 bits per heavy atom. The molecular weight excluding hydrogens is 530 g/mol. The van der Waals surface area contributed by atoms with Crippen LogP contribution in [-0.2, 0) is 5.41 Å². The first-order valence-electron chi connectivity index (χ1n) is 15.4. The normalized spacial score (nSPS) is 13.4. The molecule has 1 nitrogen and oxygen atoms in total. The Labute approximate surface area is 257 Å². The van der Waals surface area contributed by atoms with Gasteiger partial charge in [0.05, 0.1) is 16.7 Å². The lowest BCUT2D eigenvalue weighted by Gasteiger charge is -2.35. The van der Waals surface area contributed by atoms with Crippen LogP contribution in [0.5, 0.6) is 0 Å². The molecule has 0 amide bonds. The summed E-state index contributed by atoms with van der Waals surface area (Å²) in [5, 5.41) is 5.14. The number of hydrogen-bond donors (Lipinski definition) is 0. The van der Waals surface area contributed by atoms with E-state index >= 15 is 0 Å². The van der Waals surface area contributed by atoms with Crippen LogP contribution in [0.15, 0.2) is 152 Å². The van der Waals surface area contributed by atoms with Gasteiger partial charge in [-0.15, -0.1) is 0 Å². The standard InChI is InChI=1S/C43H31N/c1-43(2)38-17-8-9-18-41(38)44-40-22-21-34(28-11-4-3-5-12-28)25-36(40)37-26-35(27-39(43)42(37)44)32-16-10-15-31(24-32)33-20-19-29-13-6-7-14-30(29)23-33/h3-27H,1-2H3. The Hall–Kier alpha value is -5.40. The van der Waals surface area contributed by atoms with E-state index < -0.39 is 0 Å². The van der Waals surface area contributed by atoms with Crippen LogP contribution >= 0.6 is 0 Å². The Morgan fingerprint density at radius 2 is 1.05 bits per heavy atom. The molecule has 208 valence electrons. The second-order valence-corrected chi connectivity index (χ2v) is 12.6. The molecule has 0 unspecified atom stereocenters. The number of aromatic nitrogens is 1. The molecule has 0 spiro atoms. The predicted octanol–water partition coefficient (Wildman–Crippen LogP) is 11.6. The van der Waals surface area contributed by atoms with Crippen LogP contribution in [0.1, 0.15) is 25.0 Å². The van der Waals surface area contributed by atoms with E-state index in [0.717, 1.165) is 0 Å². The van der Waals surface area contributed by atoms with Crippen molar-refractivity contribution in [2.45, 2.75) is 19.3 Å². The summed E-state index contributed by atoms with van der Waals surface area (Å²) in [6.07, 6.45) is 0. The summed E-state index contributed by atoms with van der Waals surface area (Å²) in [4.78, 5) is 0. The van der Waals surface area contributed by atoms with Crippen molar-refractivity contribution in [3.8, 4) is 39.1 Å². The Morgan fingerprint density at radius 1 is 0.409 bits per heavy atom. The minimum absolute atomic E-state index is 0.145. The molecule has 44 heavy (non-hydrogen) atoms. The minimum atomic E-state index is -0.145. The smallest absolute Gasteiger partial charge is 0.0582 e. The molecule has 2 heterocycles. The molecule has 0 saturated carbocycles. The minimum Gasteiger partial charge on any atom is -0.309 e. The average molecular weight is 562 g/mol. The van der Waals surface area contributed by atoms with Gasteiger partial charge < -0.3 is 4.57 Å². The van der Waals surface area contributed by atoms with E-state index in [1.165, 1.54) is 82.8 Å². The van der Waals surface area contributed by atoms with Gasteiger partial charge in [-0.25, -0.2) is 0 Å². The highest BCUT2D eigenvalue weighted by Gasteiger charge is 2.35. The highest BCUT2D eigenvalue weighted by Crippen LogP contribution is 2.49. The van der Waals surface area contributed by atoms with E-state index in [-0.39, 0.29) is 5.41 Å². The van der Waals surface area contributed by atoms with E-state index in [9.17, 15) is 0 Å². The number of benzene rings is 7. The van der Waals surface area contributed by atoms with Gasteiger partial charge in [0.2, 0.25) is 0 Å². The van der Waals surface area contributed by atoms with Crippen molar-refractivity contribution >= 4 is 32.6 Å².